The van der Waals surface area contributed by atoms with Crippen molar-refractivity contribution in [2.24, 2.45) is 10.3 Å². The molecule has 0 spiro atoms. The van der Waals surface area contributed by atoms with E-state index in [0.29, 0.717) is 5.01 Å². The van der Waals surface area contributed by atoms with Gasteiger partial charge in [0.1, 0.15) is 24.0 Å². The number of imide groups is 1. The van der Waals surface area contributed by atoms with Crippen LogP contribution in [0.2, 0.25) is 0 Å². The lowest BCUT2D eigenvalue weighted by molar-refractivity contribution is 0.0193. The lowest BCUT2D eigenvalue weighted by atomic mass is 10.2. The van der Waals surface area contributed by atoms with E-state index in [1.807, 2.05) is 0 Å². The van der Waals surface area contributed by atoms with Crippen LogP contribution in [0.5, 0.6) is 0 Å². The lowest BCUT2D eigenvalue weighted by Gasteiger charge is -2.32. The van der Waals surface area contributed by atoms with Gasteiger partial charge in [-0.1, -0.05) is 5.16 Å². The minimum Gasteiger partial charge on any atom is -0.443 e. The highest BCUT2D eigenvalue weighted by molar-refractivity contribution is 6.32. The molecule has 0 bridgehead atoms. The van der Waals surface area contributed by atoms with Crippen molar-refractivity contribution in [3.8, 4) is 0 Å². The van der Waals surface area contributed by atoms with Crippen LogP contribution in [0.3, 0.4) is 0 Å². The van der Waals surface area contributed by atoms with Crippen molar-refractivity contribution in [3.05, 3.63) is 0 Å². The summed E-state index contributed by atoms with van der Waals surface area (Å²) in [6.45, 7) is 9.82. The molecule has 146 valence electrons. The highest BCUT2D eigenvalue weighted by Crippen LogP contribution is 2.14. The van der Waals surface area contributed by atoms with Gasteiger partial charge in [-0.25, -0.2) is 24.8 Å². The maximum atomic E-state index is 12.5. The summed E-state index contributed by atoms with van der Waals surface area (Å²) in [6.07, 6.45) is -0.658. The molecule has 26 heavy (non-hydrogen) atoms. The van der Waals surface area contributed by atoms with E-state index in [2.05, 4.69) is 20.5 Å². The van der Waals surface area contributed by atoms with Crippen molar-refractivity contribution in [2.75, 3.05) is 13.7 Å². The number of nitrogens with one attached hydrogen (secondary N) is 1. The van der Waals surface area contributed by atoms with E-state index in [9.17, 15) is 14.4 Å². The molecule has 1 rings (SSSR count). The summed E-state index contributed by atoms with van der Waals surface area (Å²) in [6, 6.07) is -0.903. The molecule has 0 aromatic heterocycles. The maximum absolute atomic E-state index is 12.5. The Balaban J connectivity index is 3.02. The van der Waals surface area contributed by atoms with Gasteiger partial charge in [0.15, 0.2) is 0 Å². The smallest absolute Gasteiger partial charge is 0.439 e. The second-order valence-electron chi connectivity index (χ2n) is 7.28. The van der Waals surface area contributed by atoms with Crippen molar-refractivity contribution in [1.29, 1.82) is 0 Å². The number of amides is 4. The molecule has 1 N–H and O–H groups in total. The molecule has 0 aromatic rings. The van der Waals surface area contributed by atoms with E-state index in [-0.39, 0.29) is 12.3 Å². The van der Waals surface area contributed by atoms with Crippen LogP contribution < -0.4 is 5.43 Å². The number of carbonyl (C=O) groups excluding carboxylic acids is 3. The highest BCUT2D eigenvalue weighted by Gasteiger charge is 2.36. The molecule has 0 atom stereocenters. The standard InChI is InChI=1S/C15H25N5O6/c1-14(2,3)25-11(21)18-19-9-10(8-16-24-7)17-20(12(19)22)13(23)26-15(4,5)6/h8H,9H2,1-7H3,(H,18,21). The van der Waals surface area contributed by atoms with Crippen LogP contribution >= 0.6 is 0 Å². The first-order valence-corrected chi connectivity index (χ1v) is 7.80. The van der Waals surface area contributed by atoms with E-state index >= 15 is 0 Å². The molecule has 0 aliphatic carbocycles. The monoisotopic (exact) mass is 371 g/mol. The molecule has 0 radical (unpaired) electrons. The van der Waals surface area contributed by atoms with Gasteiger partial charge in [0.25, 0.3) is 0 Å². The highest BCUT2D eigenvalue weighted by atomic mass is 16.6. The largest absolute Gasteiger partial charge is 0.443 e. The van der Waals surface area contributed by atoms with E-state index in [0.717, 1.165) is 5.01 Å². The van der Waals surface area contributed by atoms with Crippen LogP contribution in [0, 0.1) is 0 Å². The van der Waals surface area contributed by atoms with Crippen LogP contribution in [0.4, 0.5) is 14.4 Å². The summed E-state index contributed by atoms with van der Waals surface area (Å²) in [4.78, 5) is 41.2. The first-order chi connectivity index (χ1) is 11.8. The zero-order valence-electron chi connectivity index (χ0n) is 16.0. The number of hydrogen-bond acceptors (Lipinski definition) is 8. The topological polar surface area (TPSA) is 122 Å². The molecule has 0 saturated heterocycles. The fourth-order valence-corrected chi connectivity index (χ4v) is 1.65. The summed E-state index contributed by atoms with van der Waals surface area (Å²) in [5, 5.41) is 8.78. The molecule has 0 fully saturated rings. The zero-order valence-corrected chi connectivity index (χ0v) is 16.0. The predicted molar refractivity (Wildman–Crippen MR) is 92.5 cm³/mol. The third-order valence-electron chi connectivity index (χ3n) is 2.46. The van der Waals surface area contributed by atoms with Gasteiger partial charge in [-0.15, -0.1) is 5.01 Å². The van der Waals surface area contributed by atoms with Crippen molar-refractivity contribution in [2.45, 2.75) is 52.7 Å². The van der Waals surface area contributed by atoms with E-state index in [1.54, 1.807) is 41.5 Å². The van der Waals surface area contributed by atoms with Gasteiger partial charge >= 0.3 is 18.2 Å². The third-order valence-corrected chi connectivity index (χ3v) is 2.46. The van der Waals surface area contributed by atoms with Gasteiger partial charge in [-0.05, 0) is 41.5 Å². The van der Waals surface area contributed by atoms with E-state index < -0.39 is 29.4 Å². The Morgan fingerprint density at radius 2 is 1.73 bits per heavy atom. The van der Waals surface area contributed by atoms with E-state index in [1.165, 1.54) is 13.3 Å². The number of carbonyl (C=O) groups is 3. The number of oxime groups is 1. The fourth-order valence-electron chi connectivity index (χ4n) is 1.65. The van der Waals surface area contributed by atoms with Gasteiger partial charge in [-0.3, -0.25) is 0 Å². The molecule has 0 saturated carbocycles. The fraction of sp³-hybridized carbons (Fsp3) is 0.667. The summed E-state index contributed by atoms with van der Waals surface area (Å²) in [5.74, 6) is 0. The number of hydrazone groups is 1. The Morgan fingerprint density at radius 1 is 1.15 bits per heavy atom. The van der Waals surface area contributed by atoms with Crippen molar-refractivity contribution < 1.29 is 28.7 Å². The summed E-state index contributed by atoms with van der Waals surface area (Å²) < 4.78 is 10.3. The Hall–Kier alpha value is -2.85. The van der Waals surface area contributed by atoms with Crippen LogP contribution in [0.15, 0.2) is 10.3 Å². The first kappa shape index (κ1) is 21.2. The normalized spacial score (nSPS) is 15.7. The molecule has 1 heterocycles. The number of nitrogens with zero attached hydrogens (tertiary/aromatic N) is 4. The van der Waals surface area contributed by atoms with Crippen LogP contribution in [-0.2, 0) is 14.3 Å². The molecule has 1 aliphatic rings. The van der Waals surface area contributed by atoms with Crippen LogP contribution in [-0.4, -0.2) is 65.0 Å². The number of hydrazine groups is 1. The van der Waals surface area contributed by atoms with Gasteiger partial charge in [-0.2, -0.15) is 5.10 Å². The van der Waals surface area contributed by atoms with Gasteiger partial charge in [0.2, 0.25) is 0 Å². The molecule has 0 unspecified atom stereocenters. The number of ether oxygens (including phenoxy) is 2. The molecular formula is C15H25N5O6. The first-order valence-electron chi connectivity index (χ1n) is 7.80. The second-order valence-corrected chi connectivity index (χ2v) is 7.28. The van der Waals surface area contributed by atoms with Crippen LogP contribution in [0.25, 0.3) is 0 Å². The summed E-state index contributed by atoms with van der Waals surface area (Å²) >= 11 is 0. The molecule has 11 heteroatoms. The SMILES string of the molecule is CON=CC1=NN(C(=O)OC(C)(C)C)C(=O)N(NC(=O)OC(C)(C)C)C1. The Bertz CT molecular complexity index is 617. The average Bonchev–Trinajstić information content (AvgIpc) is 2.43. The molecular weight excluding hydrogens is 346 g/mol. The minimum atomic E-state index is -0.999. The molecule has 11 nitrogen and oxygen atoms in total. The van der Waals surface area contributed by atoms with Crippen molar-refractivity contribution in [3.63, 3.8) is 0 Å². The predicted octanol–water partition coefficient (Wildman–Crippen LogP) is 2.09. The Labute approximate surface area is 151 Å². The second kappa shape index (κ2) is 8.02. The van der Waals surface area contributed by atoms with Gasteiger partial charge in [0.05, 0.1) is 12.8 Å². The molecule has 4 amide bonds. The average molecular weight is 371 g/mol. The number of hydrogen-bond donors (Lipinski definition) is 1. The number of urea groups is 1. The number of rotatable bonds is 3. The van der Waals surface area contributed by atoms with Gasteiger partial charge in [0, 0.05) is 0 Å². The summed E-state index contributed by atoms with van der Waals surface area (Å²) in [5.41, 5.74) is 0.843. The zero-order chi connectivity index (χ0) is 20.1. The van der Waals surface area contributed by atoms with Gasteiger partial charge < -0.3 is 14.3 Å². The third kappa shape index (κ3) is 6.95. The Kier molecular flexibility index (Phi) is 6.54. The van der Waals surface area contributed by atoms with E-state index in [4.69, 9.17) is 9.47 Å². The van der Waals surface area contributed by atoms with Crippen molar-refractivity contribution in [1.82, 2.24) is 15.4 Å². The minimum absolute atomic E-state index is 0.149. The van der Waals surface area contributed by atoms with Crippen LogP contribution in [0.1, 0.15) is 41.5 Å². The summed E-state index contributed by atoms with van der Waals surface area (Å²) in [7, 11) is 1.33. The lowest BCUT2D eigenvalue weighted by Crippen LogP contribution is -2.58. The molecule has 0 aromatic carbocycles. The van der Waals surface area contributed by atoms with Crippen molar-refractivity contribution >= 4 is 30.1 Å². The maximum Gasteiger partial charge on any atom is 0.439 e. The quantitative estimate of drug-likeness (QED) is 0.599. The Morgan fingerprint density at radius 3 is 2.23 bits per heavy atom. The molecule has 1 aliphatic heterocycles.